The number of benzene rings is 2. The zero-order valence-electron chi connectivity index (χ0n) is 17.2. The summed E-state index contributed by atoms with van der Waals surface area (Å²) < 4.78 is 13.2. The van der Waals surface area contributed by atoms with Crippen molar-refractivity contribution < 1.29 is 19.4 Å². The average Bonchev–Trinajstić information content (AvgIpc) is 3.32. The third kappa shape index (κ3) is 4.93. The van der Waals surface area contributed by atoms with E-state index in [2.05, 4.69) is 20.5 Å². The van der Waals surface area contributed by atoms with Crippen LogP contribution in [0.1, 0.15) is 22.2 Å². The fraction of sp³-hybridized carbons (Fsp3) is 0.125. The first-order valence-corrected chi connectivity index (χ1v) is 10.5. The Morgan fingerprint density at radius 3 is 2.61 bits per heavy atom. The van der Waals surface area contributed by atoms with Gasteiger partial charge in [-0.15, -0.1) is 0 Å². The number of aliphatic hydroxyl groups is 2. The number of nitrogens with zero attached hydrogens (tertiary/aromatic N) is 2. The molecule has 2 atom stereocenters. The molecule has 4 N–H and O–H groups in total. The maximum absolute atomic E-state index is 13.2. The van der Waals surface area contributed by atoms with Gasteiger partial charge in [0.05, 0.1) is 40.3 Å². The number of H-pyrrole nitrogens is 1. The number of aliphatic hydroxyl groups excluding tert-OH is 2. The van der Waals surface area contributed by atoms with E-state index in [-0.39, 0.29) is 11.4 Å². The lowest BCUT2D eigenvalue weighted by molar-refractivity contribution is 0.0689. The molecule has 0 saturated carbocycles. The molecule has 1 unspecified atom stereocenters. The molecule has 0 saturated heterocycles. The first kappa shape index (κ1) is 22.6. The van der Waals surface area contributed by atoms with Crippen LogP contribution in [0.15, 0.2) is 72.9 Å². The number of hydrogen-bond donors (Lipinski definition) is 4. The van der Waals surface area contributed by atoms with Gasteiger partial charge in [-0.05, 0) is 60.2 Å². The van der Waals surface area contributed by atoms with Crippen LogP contribution < -0.4 is 5.32 Å². The Hall–Kier alpha value is -3.59. The van der Waals surface area contributed by atoms with Gasteiger partial charge in [-0.3, -0.25) is 14.9 Å². The van der Waals surface area contributed by atoms with Crippen molar-refractivity contribution in [2.24, 2.45) is 0 Å². The zero-order chi connectivity index (χ0) is 23.4. The Bertz CT molecular complexity index is 1250. The zero-order valence-corrected chi connectivity index (χ0v) is 18.0. The van der Waals surface area contributed by atoms with E-state index in [4.69, 9.17) is 11.6 Å². The Kier molecular flexibility index (Phi) is 6.79. The number of carbonyl (C=O) groups is 1. The van der Waals surface area contributed by atoms with Crippen LogP contribution in [0, 0.1) is 5.82 Å². The Morgan fingerprint density at radius 2 is 1.91 bits per heavy atom. The molecule has 0 spiro atoms. The molecule has 0 fully saturated rings. The van der Waals surface area contributed by atoms with Crippen LogP contribution in [0.5, 0.6) is 0 Å². The third-order valence-corrected chi connectivity index (χ3v) is 5.45. The van der Waals surface area contributed by atoms with Crippen LogP contribution in [-0.2, 0) is 0 Å². The van der Waals surface area contributed by atoms with Crippen LogP contribution in [0.4, 0.5) is 4.39 Å². The van der Waals surface area contributed by atoms with Crippen molar-refractivity contribution in [3.63, 3.8) is 0 Å². The molecule has 2 aromatic heterocycles. The summed E-state index contributed by atoms with van der Waals surface area (Å²) in [6.45, 7) is -0.503. The minimum absolute atomic E-state index is 0.214. The van der Waals surface area contributed by atoms with Crippen molar-refractivity contribution in [3.05, 3.63) is 95.0 Å². The van der Waals surface area contributed by atoms with Gasteiger partial charge in [-0.1, -0.05) is 23.7 Å². The summed E-state index contributed by atoms with van der Waals surface area (Å²) in [6.07, 6.45) is 0.304. The van der Waals surface area contributed by atoms with Crippen molar-refractivity contribution in [3.8, 4) is 22.5 Å². The number of nitrogens with one attached hydrogen (secondary N) is 2. The van der Waals surface area contributed by atoms with Gasteiger partial charge < -0.3 is 15.5 Å². The highest BCUT2D eigenvalue weighted by Crippen LogP contribution is 2.32. The largest absolute Gasteiger partial charge is 0.394 e. The number of carbonyl (C=O) groups excluding carboxylic acids is 1. The van der Waals surface area contributed by atoms with Crippen molar-refractivity contribution in [2.75, 3.05) is 6.61 Å². The van der Waals surface area contributed by atoms with Gasteiger partial charge in [0.15, 0.2) is 0 Å². The fourth-order valence-corrected chi connectivity index (χ4v) is 3.70. The highest BCUT2D eigenvalue weighted by molar-refractivity contribution is 6.34. The van der Waals surface area contributed by atoms with Gasteiger partial charge in [0, 0.05) is 11.8 Å². The first-order chi connectivity index (χ1) is 16.0. The van der Waals surface area contributed by atoms with Crippen molar-refractivity contribution >= 4 is 17.5 Å². The SMILES string of the molecule is O=C(N[C@@H](CO)C(O)c1ccccn1)c1cccc(Cl)c1-c1cc(-c2ccc(F)cc2)[nH]n1. The lowest BCUT2D eigenvalue weighted by atomic mass is 10.0. The van der Waals surface area contributed by atoms with Crippen molar-refractivity contribution in [2.45, 2.75) is 12.1 Å². The summed E-state index contributed by atoms with van der Waals surface area (Å²) in [5.74, 6) is -0.900. The van der Waals surface area contributed by atoms with Gasteiger partial charge in [0.1, 0.15) is 11.9 Å². The second kappa shape index (κ2) is 9.91. The molecule has 1 amide bonds. The van der Waals surface area contributed by atoms with E-state index in [1.54, 1.807) is 54.6 Å². The molecule has 0 aliphatic carbocycles. The summed E-state index contributed by atoms with van der Waals surface area (Å²) in [6, 6.07) is 16.4. The Morgan fingerprint density at radius 1 is 1.12 bits per heavy atom. The lowest BCUT2D eigenvalue weighted by Crippen LogP contribution is -2.42. The molecule has 0 bridgehead atoms. The van der Waals surface area contributed by atoms with E-state index in [0.29, 0.717) is 33.2 Å². The van der Waals surface area contributed by atoms with E-state index >= 15 is 0 Å². The molecule has 7 nitrogen and oxygen atoms in total. The normalized spacial score (nSPS) is 12.8. The molecule has 4 aromatic rings. The third-order valence-electron chi connectivity index (χ3n) is 5.13. The van der Waals surface area contributed by atoms with E-state index in [1.807, 2.05) is 0 Å². The maximum atomic E-state index is 13.2. The van der Waals surface area contributed by atoms with Crippen LogP contribution in [-0.4, -0.2) is 44.0 Å². The topological polar surface area (TPSA) is 111 Å². The number of rotatable bonds is 7. The van der Waals surface area contributed by atoms with Gasteiger partial charge in [-0.2, -0.15) is 5.10 Å². The van der Waals surface area contributed by atoms with Crippen molar-refractivity contribution in [1.29, 1.82) is 0 Å². The van der Waals surface area contributed by atoms with Gasteiger partial charge in [0.2, 0.25) is 0 Å². The van der Waals surface area contributed by atoms with Gasteiger partial charge in [-0.25, -0.2) is 4.39 Å². The monoisotopic (exact) mass is 466 g/mol. The van der Waals surface area contributed by atoms with Gasteiger partial charge >= 0.3 is 0 Å². The highest BCUT2D eigenvalue weighted by atomic mass is 35.5. The Balaban J connectivity index is 1.63. The second-order valence-corrected chi connectivity index (χ2v) is 7.71. The summed E-state index contributed by atoms with van der Waals surface area (Å²) in [5, 5.41) is 30.4. The van der Waals surface area contributed by atoms with E-state index in [1.165, 1.54) is 18.3 Å². The summed E-state index contributed by atoms with van der Waals surface area (Å²) in [5.41, 5.74) is 2.66. The minimum atomic E-state index is -1.21. The van der Waals surface area contributed by atoms with Gasteiger partial charge in [0.25, 0.3) is 5.91 Å². The first-order valence-electron chi connectivity index (χ1n) is 10.1. The molecule has 2 aromatic carbocycles. The number of pyridine rings is 1. The molecular weight excluding hydrogens is 447 g/mol. The fourth-order valence-electron chi connectivity index (χ4n) is 3.43. The van der Waals surface area contributed by atoms with Crippen molar-refractivity contribution in [1.82, 2.24) is 20.5 Å². The highest BCUT2D eigenvalue weighted by Gasteiger charge is 2.26. The van der Waals surface area contributed by atoms with E-state index in [9.17, 15) is 19.4 Å². The average molecular weight is 467 g/mol. The molecule has 0 aliphatic heterocycles. The summed E-state index contributed by atoms with van der Waals surface area (Å²) in [4.78, 5) is 17.2. The number of amides is 1. The number of aromatic amines is 1. The second-order valence-electron chi connectivity index (χ2n) is 7.30. The van der Waals surface area contributed by atoms with Crippen LogP contribution in [0.3, 0.4) is 0 Å². The Labute approximate surface area is 193 Å². The van der Waals surface area contributed by atoms with E-state index in [0.717, 1.165) is 0 Å². The van der Waals surface area contributed by atoms with E-state index < -0.39 is 24.7 Å². The molecule has 33 heavy (non-hydrogen) atoms. The number of hydrogen-bond acceptors (Lipinski definition) is 5. The molecular formula is C24H20ClFN4O3. The molecule has 0 radical (unpaired) electrons. The summed E-state index contributed by atoms with van der Waals surface area (Å²) in [7, 11) is 0. The standard InChI is InChI=1S/C24H20ClFN4O3/c25-17-5-3-4-16(24(33)28-21(13-31)23(32)18-6-1-2-11-27-18)22(17)20-12-19(29-30-20)14-7-9-15(26)10-8-14/h1-12,21,23,31-32H,13H2,(H,28,33)(H,29,30)/t21-,23?/m0/s1. The smallest absolute Gasteiger partial charge is 0.252 e. The molecule has 4 rings (SSSR count). The van der Waals surface area contributed by atoms with Crippen LogP contribution in [0.25, 0.3) is 22.5 Å². The molecule has 2 heterocycles. The molecule has 168 valence electrons. The number of aromatic nitrogens is 3. The summed E-state index contributed by atoms with van der Waals surface area (Å²) >= 11 is 6.42. The predicted molar refractivity (Wildman–Crippen MR) is 122 cm³/mol. The predicted octanol–water partition coefficient (Wildman–Crippen LogP) is 3.76. The molecule has 0 aliphatic rings. The maximum Gasteiger partial charge on any atom is 0.252 e. The lowest BCUT2D eigenvalue weighted by Gasteiger charge is -2.22. The number of halogens is 2. The molecule has 9 heteroatoms. The minimum Gasteiger partial charge on any atom is -0.394 e. The quantitative estimate of drug-likeness (QED) is 0.331. The van der Waals surface area contributed by atoms with Crippen LogP contribution >= 0.6 is 11.6 Å². The van der Waals surface area contributed by atoms with Crippen LogP contribution in [0.2, 0.25) is 5.02 Å².